The molecule has 18 heavy (non-hydrogen) atoms. The highest BCUT2D eigenvalue weighted by atomic mass is 16.6. The van der Waals surface area contributed by atoms with Gasteiger partial charge in [0.1, 0.15) is 0 Å². The monoisotopic (exact) mass is 250 g/mol. The fraction of sp³-hybridized carbons (Fsp3) is 0.500. The van der Waals surface area contributed by atoms with Gasteiger partial charge >= 0.3 is 0 Å². The molecule has 0 saturated heterocycles. The van der Waals surface area contributed by atoms with Crippen LogP contribution in [0.3, 0.4) is 0 Å². The highest BCUT2D eigenvalue weighted by Crippen LogP contribution is 2.24. The summed E-state index contributed by atoms with van der Waals surface area (Å²) in [7, 11) is 0. The van der Waals surface area contributed by atoms with Gasteiger partial charge in [-0.1, -0.05) is 13.3 Å². The fourth-order valence-corrected chi connectivity index (χ4v) is 1.63. The summed E-state index contributed by atoms with van der Waals surface area (Å²) >= 11 is 0. The van der Waals surface area contributed by atoms with Crippen molar-refractivity contribution in [2.75, 3.05) is 30.8 Å². The predicted octanol–water partition coefficient (Wildman–Crippen LogP) is 2.03. The van der Waals surface area contributed by atoms with E-state index in [9.17, 15) is 0 Å². The van der Waals surface area contributed by atoms with Gasteiger partial charge in [-0.3, -0.25) is 0 Å². The van der Waals surface area contributed by atoms with Gasteiger partial charge in [-0.2, -0.15) is 0 Å². The molecule has 2 aromatic rings. The summed E-state index contributed by atoms with van der Waals surface area (Å²) in [5, 5.41) is 10.8. The topological polar surface area (TPSA) is 86.2 Å². The van der Waals surface area contributed by atoms with E-state index in [1.54, 1.807) is 6.07 Å². The standard InChI is InChI=1S/C12H18N4O2/c1-2-3-7-17-8-6-14-10-5-4-9(13)11-12(10)16-18-15-11/h4-5,14H,2-3,6-8,13H2,1H3. The average Bonchev–Trinajstić information content (AvgIpc) is 2.86. The van der Waals surface area contributed by atoms with Gasteiger partial charge < -0.3 is 15.8 Å². The maximum Gasteiger partial charge on any atom is 0.160 e. The van der Waals surface area contributed by atoms with Gasteiger partial charge in [-0.15, -0.1) is 0 Å². The number of nitrogen functional groups attached to an aromatic ring is 1. The van der Waals surface area contributed by atoms with Gasteiger partial charge in [0.2, 0.25) is 0 Å². The maximum atomic E-state index is 5.76. The Morgan fingerprint density at radius 1 is 1.28 bits per heavy atom. The minimum atomic E-state index is 0.566. The average molecular weight is 250 g/mol. The molecule has 0 aliphatic carbocycles. The van der Waals surface area contributed by atoms with Crippen molar-refractivity contribution in [2.45, 2.75) is 19.8 Å². The Balaban J connectivity index is 1.88. The lowest BCUT2D eigenvalue weighted by molar-refractivity contribution is 0.141. The highest BCUT2D eigenvalue weighted by molar-refractivity contribution is 5.94. The van der Waals surface area contributed by atoms with Crippen LogP contribution in [0, 0.1) is 0 Å². The molecule has 0 aliphatic heterocycles. The Bertz CT molecular complexity index is 498. The first-order chi connectivity index (χ1) is 8.83. The molecule has 1 aromatic carbocycles. The lowest BCUT2D eigenvalue weighted by atomic mass is 10.2. The van der Waals surface area contributed by atoms with Crippen LogP contribution >= 0.6 is 0 Å². The van der Waals surface area contributed by atoms with Crippen LogP contribution in [0.1, 0.15) is 19.8 Å². The first kappa shape index (κ1) is 12.6. The minimum Gasteiger partial charge on any atom is -0.397 e. The first-order valence-electron chi connectivity index (χ1n) is 6.15. The summed E-state index contributed by atoms with van der Waals surface area (Å²) < 4.78 is 10.2. The summed E-state index contributed by atoms with van der Waals surface area (Å²) in [6, 6.07) is 3.65. The SMILES string of the molecule is CCCCOCCNc1ccc(N)c2nonc12. The van der Waals surface area contributed by atoms with Crippen LogP contribution in [0.4, 0.5) is 11.4 Å². The summed E-state index contributed by atoms with van der Waals surface area (Å²) in [5.41, 5.74) is 8.44. The van der Waals surface area contributed by atoms with Gasteiger partial charge in [0.05, 0.1) is 18.0 Å². The molecule has 0 radical (unpaired) electrons. The summed E-state index contributed by atoms with van der Waals surface area (Å²) in [5.74, 6) is 0. The number of hydrogen-bond donors (Lipinski definition) is 2. The van der Waals surface area contributed by atoms with E-state index in [0.717, 1.165) is 31.7 Å². The lowest BCUT2D eigenvalue weighted by Crippen LogP contribution is -2.10. The fourth-order valence-electron chi connectivity index (χ4n) is 1.63. The zero-order valence-corrected chi connectivity index (χ0v) is 10.5. The van der Waals surface area contributed by atoms with E-state index in [1.807, 2.05) is 6.07 Å². The molecule has 0 atom stereocenters. The van der Waals surface area contributed by atoms with Crippen LogP contribution < -0.4 is 11.1 Å². The maximum absolute atomic E-state index is 5.76. The third kappa shape index (κ3) is 2.89. The number of nitrogens with one attached hydrogen (secondary N) is 1. The molecule has 0 amide bonds. The number of benzene rings is 1. The molecule has 0 fully saturated rings. The van der Waals surface area contributed by atoms with Crippen molar-refractivity contribution in [3.63, 3.8) is 0 Å². The highest BCUT2D eigenvalue weighted by Gasteiger charge is 2.09. The molecular formula is C12H18N4O2. The predicted molar refractivity (Wildman–Crippen MR) is 70.4 cm³/mol. The second kappa shape index (κ2) is 6.20. The second-order valence-electron chi connectivity index (χ2n) is 4.06. The van der Waals surface area contributed by atoms with Crippen molar-refractivity contribution in [3.05, 3.63) is 12.1 Å². The zero-order valence-electron chi connectivity index (χ0n) is 10.5. The van der Waals surface area contributed by atoms with E-state index in [0.29, 0.717) is 23.3 Å². The number of hydrogen-bond acceptors (Lipinski definition) is 6. The lowest BCUT2D eigenvalue weighted by Gasteiger charge is -2.07. The van der Waals surface area contributed by atoms with Gasteiger partial charge in [-0.25, -0.2) is 4.63 Å². The molecule has 3 N–H and O–H groups in total. The normalized spacial score (nSPS) is 10.9. The van der Waals surface area contributed by atoms with Crippen molar-refractivity contribution in [2.24, 2.45) is 0 Å². The molecule has 0 bridgehead atoms. The van der Waals surface area contributed by atoms with E-state index in [-0.39, 0.29) is 0 Å². The van der Waals surface area contributed by atoms with Crippen LogP contribution in [-0.2, 0) is 4.74 Å². The molecule has 1 heterocycles. The molecule has 6 heteroatoms. The number of nitrogens with two attached hydrogens (primary N) is 1. The van der Waals surface area contributed by atoms with Gasteiger partial charge in [-0.05, 0) is 28.9 Å². The molecule has 98 valence electrons. The smallest absolute Gasteiger partial charge is 0.160 e. The number of nitrogens with zero attached hydrogens (tertiary/aromatic N) is 2. The van der Waals surface area contributed by atoms with Gasteiger partial charge in [0.25, 0.3) is 0 Å². The Kier molecular flexibility index (Phi) is 4.35. The number of rotatable bonds is 7. The van der Waals surface area contributed by atoms with Crippen molar-refractivity contribution >= 4 is 22.4 Å². The molecule has 0 spiro atoms. The van der Waals surface area contributed by atoms with E-state index >= 15 is 0 Å². The summed E-state index contributed by atoms with van der Waals surface area (Å²) in [6.45, 7) is 4.33. The van der Waals surface area contributed by atoms with E-state index in [4.69, 9.17) is 15.1 Å². The molecular weight excluding hydrogens is 232 g/mol. The molecule has 0 unspecified atom stereocenters. The number of unbranched alkanes of at least 4 members (excludes halogenated alkanes) is 1. The molecule has 0 saturated carbocycles. The van der Waals surface area contributed by atoms with Crippen LogP contribution in [0.5, 0.6) is 0 Å². The van der Waals surface area contributed by atoms with Crippen molar-refractivity contribution in [3.8, 4) is 0 Å². The Morgan fingerprint density at radius 2 is 2.11 bits per heavy atom. The molecule has 6 nitrogen and oxygen atoms in total. The molecule has 0 aliphatic rings. The number of ether oxygens (including phenoxy) is 1. The van der Waals surface area contributed by atoms with Crippen LogP contribution in [0.15, 0.2) is 16.8 Å². The van der Waals surface area contributed by atoms with Crippen LogP contribution in [-0.4, -0.2) is 30.1 Å². The Hall–Kier alpha value is -1.82. The molecule has 2 rings (SSSR count). The molecule has 1 aromatic heterocycles. The Labute approximate surface area is 105 Å². The third-order valence-electron chi connectivity index (χ3n) is 2.65. The van der Waals surface area contributed by atoms with Crippen LogP contribution in [0.25, 0.3) is 11.0 Å². The van der Waals surface area contributed by atoms with Crippen molar-refractivity contribution < 1.29 is 9.37 Å². The largest absolute Gasteiger partial charge is 0.397 e. The van der Waals surface area contributed by atoms with Crippen LogP contribution in [0.2, 0.25) is 0 Å². The van der Waals surface area contributed by atoms with E-state index in [1.165, 1.54) is 0 Å². The number of anilines is 2. The summed E-state index contributed by atoms with van der Waals surface area (Å²) in [6.07, 6.45) is 2.25. The van der Waals surface area contributed by atoms with E-state index < -0.39 is 0 Å². The minimum absolute atomic E-state index is 0.566. The quantitative estimate of drug-likeness (QED) is 0.577. The third-order valence-corrected chi connectivity index (χ3v) is 2.65. The van der Waals surface area contributed by atoms with Crippen molar-refractivity contribution in [1.29, 1.82) is 0 Å². The van der Waals surface area contributed by atoms with E-state index in [2.05, 4.69) is 22.6 Å². The Morgan fingerprint density at radius 3 is 2.94 bits per heavy atom. The first-order valence-corrected chi connectivity index (χ1v) is 6.15. The second-order valence-corrected chi connectivity index (χ2v) is 4.06. The number of fused-ring (bicyclic) bond motifs is 1. The zero-order chi connectivity index (χ0) is 12.8. The number of aromatic nitrogens is 2. The van der Waals surface area contributed by atoms with Gasteiger partial charge in [0, 0.05) is 13.2 Å². The summed E-state index contributed by atoms with van der Waals surface area (Å²) in [4.78, 5) is 0. The van der Waals surface area contributed by atoms with Crippen molar-refractivity contribution in [1.82, 2.24) is 10.3 Å². The van der Waals surface area contributed by atoms with Gasteiger partial charge in [0.15, 0.2) is 11.0 Å².